The van der Waals surface area contributed by atoms with E-state index in [1.807, 2.05) is 26.8 Å². The van der Waals surface area contributed by atoms with Gasteiger partial charge in [-0.25, -0.2) is 0 Å². The van der Waals surface area contributed by atoms with Gasteiger partial charge in [0, 0.05) is 33.2 Å². The van der Waals surface area contributed by atoms with E-state index in [0.29, 0.717) is 5.75 Å². The molecule has 1 atom stereocenters. The van der Waals surface area contributed by atoms with Crippen LogP contribution < -0.4 is 10.1 Å². The molecule has 120 valence electrons. The van der Waals surface area contributed by atoms with E-state index in [0.717, 1.165) is 17.9 Å². The summed E-state index contributed by atoms with van der Waals surface area (Å²) in [5.41, 5.74) is 2.28. The van der Waals surface area contributed by atoms with Gasteiger partial charge in [-0.15, -0.1) is 0 Å². The first-order chi connectivity index (χ1) is 9.53. The molecule has 0 fully saturated rings. The van der Waals surface area contributed by atoms with Crippen molar-refractivity contribution in [2.45, 2.75) is 64.1 Å². The highest BCUT2D eigenvalue weighted by Crippen LogP contribution is 2.25. The van der Waals surface area contributed by atoms with Gasteiger partial charge in [0.2, 0.25) is 0 Å². The predicted molar refractivity (Wildman–Crippen MR) is 91.2 cm³/mol. The lowest BCUT2D eigenvalue weighted by Crippen LogP contribution is -2.35. The lowest BCUT2D eigenvalue weighted by molar-refractivity contribution is 0.409. The molecule has 0 heterocycles. The Morgan fingerprint density at radius 2 is 1.76 bits per heavy atom. The lowest BCUT2D eigenvalue weighted by atomic mass is 10.1. The maximum Gasteiger partial charge on any atom is 0.123 e. The standard InChI is InChI=1S/C17H29NO2S/c1-16(2,3)18-11-13-8-9-15(20-7)14(10-13)12-21(19)17(4,5)6/h8-10,18H,11-12H2,1-7H3. The second-order valence-corrected chi connectivity index (χ2v) is 9.56. The van der Waals surface area contributed by atoms with E-state index in [1.165, 1.54) is 5.56 Å². The zero-order chi connectivity index (χ0) is 16.3. The Kier molecular flexibility index (Phi) is 6.00. The number of rotatable bonds is 5. The fourth-order valence-electron chi connectivity index (χ4n) is 1.78. The molecule has 0 saturated heterocycles. The van der Waals surface area contributed by atoms with Crippen LogP contribution in [0.5, 0.6) is 5.75 Å². The lowest BCUT2D eigenvalue weighted by Gasteiger charge is -2.22. The van der Waals surface area contributed by atoms with Gasteiger partial charge in [-0.1, -0.05) is 6.07 Å². The fraction of sp³-hybridized carbons (Fsp3) is 0.647. The molecule has 0 spiro atoms. The summed E-state index contributed by atoms with van der Waals surface area (Å²) in [5.74, 6) is 1.34. The number of ether oxygens (including phenoxy) is 1. The van der Waals surface area contributed by atoms with Crippen LogP contribution in [0.15, 0.2) is 18.2 Å². The smallest absolute Gasteiger partial charge is 0.123 e. The van der Waals surface area contributed by atoms with Crippen LogP contribution in [0.25, 0.3) is 0 Å². The maximum atomic E-state index is 12.4. The van der Waals surface area contributed by atoms with E-state index in [2.05, 4.69) is 38.2 Å². The van der Waals surface area contributed by atoms with Crippen molar-refractivity contribution >= 4 is 10.8 Å². The second-order valence-electron chi connectivity index (χ2n) is 7.35. The monoisotopic (exact) mass is 311 g/mol. The molecule has 0 amide bonds. The first kappa shape index (κ1) is 18.2. The second kappa shape index (κ2) is 6.93. The summed E-state index contributed by atoms with van der Waals surface area (Å²) in [5, 5.41) is 3.47. The van der Waals surface area contributed by atoms with E-state index < -0.39 is 10.8 Å². The molecule has 0 aliphatic rings. The quantitative estimate of drug-likeness (QED) is 0.902. The predicted octanol–water partition coefficient (Wildman–Crippen LogP) is 3.63. The molecule has 1 unspecified atom stereocenters. The van der Waals surface area contributed by atoms with Crippen LogP contribution in [0.4, 0.5) is 0 Å². The Balaban J connectivity index is 2.93. The normalized spacial score (nSPS) is 14.0. The molecule has 0 saturated carbocycles. The number of hydrogen-bond donors (Lipinski definition) is 1. The first-order valence-electron chi connectivity index (χ1n) is 7.32. The zero-order valence-electron chi connectivity index (χ0n) is 14.4. The zero-order valence-corrected chi connectivity index (χ0v) is 15.2. The third-order valence-electron chi connectivity index (χ3n) is 3.14. The molecule has 1 aromatic rings. The van der Waals surface area contributed by atoms with E-state index in [4.69, 9.17) is 4.74 Å². The molecular formula is C17H29NO2S. The van der Waals surface area contributed by atoms with Crippen LogP contribution in [0.2, 0.25) is 0 Å². The number of methoxy groups -OCH3 is 1. The molecular weight excluding hydrogens is 282 g/mol. The molecule has 0 aliphatic carbocycles. The minimum atomic E-state index is -0.930. The molecule has 0 bridgehead atoms. The summed E-state index contributed by atoms with van der Waals surface area (Å²) >= 11 is 0. The van der Waals surface area contributed by atoms with Crippen LogP contribution in [-0.2, 0) is 23.1 Å². The Bertz CT molecular complexity index is 498. The number of nitrogens with one attached hydrogen (secondary N) is 1. The van der Waals surface area contributed by atoms with Gasteiger partial charge in [-0.2, -0.15) is 0 Å². The first-order valence-corrected chi connectivity index (χ1v) is 8.64. The van der Waals surface area contributed by atoms with Crippen LogP contribution in [0.1, 0.15) is 52.7 Å². The Labute approximate surface area is 131 Å². The van der Waals surface area contributed by atoms with Crippen LogP contribution in [0, 0.1) is 0 Å². The SMILES string of the molecule is COc1ccc(CNC(C)(C)C)cc1CS(=O)C(C)(C)C. The van der Waals surface area contributed by atoms with Gasteiger partial charge in [0.15, 0.2) is 0 Å². The van der Waals surface area contributed by atoms with Gasteiger partial charge in [-0.3, -0.25) is 4.21 Å². The summed E-state index contributed by atoms with van der Waals surface area (Å²) in [7, 11) is 0.729. The van der Waals surface area contributed by atoms with Crippen LogP contribution >= 0.6 is 0 Å². The van der Waals surface area contributed by atoms with Crippen molar-refractivity contribution in [2.75, 3.05) is 7.11 Å². The molecule has 4 heteroatoms. The summed E-state index contributed by atoms with van der Waals surface area (Å²) in [6, 6.07) is 6.12. The minimum absolute atomic E-state index is 0.0777. The van der Waals surface area contributed by atoms with Crippen molar-refractivity contribution in [3.8, 4) is 5.75 Å². The highest BCUT2D eigenvalue weighted by Gasteiger charge is 2.21. The summed E-state index contributed by atoms with van der Waals surface area (Å²) < 4.78 is 17.6. The van der Waals surface area contributed by atoms with E-state index in [9.17, 15) is 4.21 Å². The third-order valence-corrected chi connectivity index (χ3v) is 5.08. The molecule has 0 aromatic heterocycles. The highest BCUT2D eigenvalue weighted by atomic mass is 32.2. The van der Waals surface area contributed by atoms with E-state index in [1.54, 1.807) is 7.11 Å². The van der Waals surface area contributed by atoms with Gasteiger partial charge >= 0.3 is 0 Å². The molecule has 21 heavy (non-hydrogen) atoms. The van der Waals surface area contributed by atoms with Gasteiger partial charge < -0.3 is 10.1 Å². The highest BCUT2D eigenvalue weighted by molar-refractivity contribution is 7.85. The largest absolute Gasteiger partial charge is 0.496 e. The molecule has 0 aliphatic heterocycles. The minimum Gasteiger partial charge on any atom is -0.496 e. The van der Waals surface area contributed by atoms with E-state index >= 15 is 0 Å². The Morgan fingerprint density at radius 1 is 1.14 bits per heavy atom. The summed E-state index contributed by atoms with van der Waals surface area (Å²) in [6.45, 7) is 13.2. The van der Waals surface area contributed by atoms with E-state index in [-0.39, 0.29) is 10.3 Å². The third kappa shape index (κ3) is 6.18. The van der Waals surface area contributed by atoms with Crippen LogP contribution in [0.3, 0.4) is 0 Å². The van der Waals surface area contributed by atoms with Gasteiger partial charge in [0.1, 0.15) is 5.75 Å². The van der Waals surface area contributed by atoms with Gasteiger partial charge in [0.05, 0.1) is 12.9 Å². The number of hydrogen-bond acceptors (Lipinski definition) is 3. The van der Waals surface area contributed by atoms with Crippen LogP contribution in [-0.4, -0.2) is 21.6 Å². The van der Waals surface area contributed by atoms with Crippen molar-refractivity contribution in [2.24, 2.45) is 0 Å². The Hall–Kier alpha value is -0.870. The molecule has 3 nitrogen and oxygen atoms in total. The van der Waals surface area contributed by atoms with Crippen molar-refractivity contribution in [1.29, 1.82) is 0 Å². The molecule has 1 rings (SSSR count). The van der Waals surface area contributed by atoms with Gasteiger partial charge in [0.25, 0.3) is 0 Å². The molecule has 0 radical (unpaired) electrons. The van der Waals surface area contributed by atoms with Crippen molar-refractivity contribution < 1.29 is 8.95 Å². The molecule has 1 aromatic carbocycles. The van der Waals surface area contributed by atoms with Crippen molar-refractivity contribution in [3.05, 3.63) is 29.3 Å². The van der Waals surface area contributed by atoms with Crippen molar-refractivity contribution in [3.63, 3.8) is 0 Å². The summed E-state index contributed by atoms with van der Waals surface area (Å²) in [6.07, 6.45) is 0. The van der Waals surface area contributed by atoms with Crippen molar-refractivity contribution in [1.82, 2.24) is 5.32 Å². The average Bonchev–Trinajstić information content (AvgIpc) is 2.34. The Morgan fingerprint density at radius 3 is 2.24 bits per heavy atom. The topological polar surface area (TPSA) is 38.3 Å². The summed E-state index contributed by atoms with van der Waals surface area (Å²) in [4.78, 5) is 0. The van der Waals surface area contributed by atoms with Gasteiger partial charge in [-0.05, 0) is 59.2 Å². The average molecular weight is 311 g/mol. The maximum absolute atomic E-state index is 12.4. The molecule has 1 N–H and O–H groups in total. The fourth-order valence-corrected chi connectivity index (χ4v) is 2.72. The number of benzene rings is 1.